The molecule has 1 aromatic heterocycles. The number of hydrogen-bond donors (Lipinski definition) is 1. The van der Waals surface area contributed by atoms with Gasteiger partial charge < -0.3 is 9.30 Å². The van der Waals surface area contributed by atoms with Gasteiger partial charge >= 0.3 is 5.97 Å². The second-order valence-electron chi connectivity index (χ2n) is 6.18. The Morgan fingerprint density at radius 2 is 2.33 bits per heavy atom. The molecule has 0 aliphatic heterocycles. The van der Waals surface area contributed by atoms with Crippen LogP contribution in [0, 0.1) is 0 Å². The van der Waals surface area contributed by atoms with E-state index < -0.39 is 5.54 Å². The van der Waals surface area contributed by atoms with E-state index in [-0.39, 0.29) is 5.97 Å². The summed E-state index contributed by atoms with van der Waals surface area (Å²) in [6.07, 6.45) is 6.76. The molecule has 0 aromatic carbocycles. The van der Waals surface area contributed by atoms with Crippen LogP contribution in [0.25, 0.3) is 0 Å². The highest BCUT2D eigenvalue weighted by molar-refractivity contribution is 5.80. The molecule has 0 bridgehead atoms. The maximum Gasteiger partial charge on any atom is 0.325 e. The molecule has 0 radical (unpaired) electrons. The number of aryl methyl sites for hydroxylation is 1. The molecule has 6 nitrogen and oxygen atoms in total. The summed E-state index contributed by atoms with van der Waals surface area (Å²) in [6, 6.07) is 0.467. The molecular formula is C15H26N4O2. The SMILES string of the molecule is COC(=O)C(C)(CCN(C)Cc1nccn1C)NC1CC1. The topological polar surface area (TPSA) is 59.4 Å². The second kappa shape index (κ2) is 6.58. The van der Waals surface area contributed by atoms with Crippen molar-refractivity contribution in [3.05, 3.63) is 18.2 Å². The number of hydrogen-bond acceptors (Lipinski definition) is 5. The molecule has 6 heteroatoms. The van der Waals surface area contributed by atoms with E-state index in [9.17, 15) is 4.79 Å². The predicted molar refractivity (Wildman–Crippen MR) is 80.7 cm³/mol. The lowest BCUT2D eigenvalue weighted by atomic mass is 9.97. The van der Waals surface area contributed by atoms with Gasteiger partial charge in [-0.3, -0.25) is 15.0 Å². The Morgan fingerprint density at radius 3 is 2.86 bits per heavy atom. The number of carbonyl (C=O) groups is 1. The van der Waals surface area contributed by atoms with Crippen LogP contribution in [-0.2, 0) is 23.1 Å². The molecule has 21 heavy (non-hydrogen) atoms. The van der Waals surface area contributed by atoms with Gasteiger partial charge in [0.25, 0.3) is 0 Å². The third-order valence-electron chi connectivity index (χ3n) is 4.06. The molecule has 1 aliphatic rings. The first-order chi connectivity index (χ1) is 9.94. The Hall–Kier alpha value is -1.40. The molecule has 1 saturated carbocycles. The molecule has 1 N–H and O–H groups in total. The van der Waals surface area contributed by atoms with Gasteiger partial charge in [-0.1, -0.05) is 0 Å². The molecule has 0 amide bonds. The van der Waals surface area contributed by atoms with Gasteiger partial charge in [0, 0.05) is 32.0 Å². The Morgan fingerprint density at radius 1 is 1.62 bits per heavy atom. The van der Waals surface area contributed by atoms with Gasteiger partial charge in [0.1, 0.15) is 11.4 Å². The van der Waals surface area contributed by atoms with Crippen molar-refractivity contribution in [1.29, 1.82) is 0 Å². The van der Waals surface area contributed by atoms with E-state index in [2.05, 4.69) is 15.2 Å². The molecule has 118 valence electrons. The summed E-state index contributed by atoms with van der Waals surface area (Å²) in [6.45, 7) is 3.51. The largest absolute Gasteiger partial charge is 0.468 e. The fourth-order valence-electron chi connectivity index (χ4n) is 2.42. The van der Waals surface area contributed by atoms with E-state index in [1.165, 1.54) is 7.11 Å². The highest BCUT2D eigenvalue weighted by Gasteiger charge is 2.39. The molecule has 1 aromatic rings. The lowest BCUT2D eigenvalue weighted by Gasteiger charge is -2.30. The van der Waals surface area contributed by atoms with Gasteiger partial charge in [-0.2, -0.15) is 0 Å². The van der Waals surface area contributed by atoms with E-state index in [4.69, 9.17) is 4.74 Å². The minimum absolute atomic E-state index is 0.181. The summed E-state index contributed by atoms with van der Waals surface area (Å²) in [5.41, 5.74) is -0.605. The number of aromatic nitrogens is 2. The first-order valence-electron chi connectivity index (χ1n) is 7.45. The number of ether oxygens (including phenoxy) is 1. The minimum atomic E-state index is -0.605. The lowest BCUT2D eigenvalue weighted by molar-refractivity contribution is -0.148. The van der Waals surface area contributed by atoms with Crippen LogP contribution in [0.3, 0.4) is 0 Å². The van der Waals surface area contributed by atoms with Gasteiger partial charge in [-0.25, -0.2) is 4.98 Å². The van der Waals surface area contributed by atoms with Gasteiger partial charge in [-0.05, 0) is 33.2 Å². The van der Waals surface area contributed by atoms with Crippen molar-refractivity contribution in [3.8, 4) is 0 Å². The highest BCUT2D eigenvalue weighted by Crippen LogP contribution is 2.25. The average Bonchev–Trinajstić information content (AvgIpc) is 3.18. The summed E-state index contributed by atoms with van der Waals surface area (Å²) in [5, 5.41) is 3.42. The van der Waals surface area contributed by atoms with E-state index in [0.29, 0.717) is 6.04 Å². The van der Waals surface area contributed by atoms with Crippen LogP contribution in [-0.4, -0.2) is 52.7 Å². The van der Waals surface area contributed by atoms with Gasteiger partial charge in [0.05, 0.1) is 13.7 Å². The summed E-state index contributed by atoms with van der Waals surface area (Å²) >= 11 is 0. The fraction of sp³-hybridized carbons (Fsp3) is 0.733. The number of esters is 1. The summed E-state index contributed by atoms with van der Waals surface area (Å²) < 4.78 is 6.98. The zero-order valence-electron chi connectivity index (χ0n) is 13.4. The maximum absolute atomic E-state index is 12.1. The number of nitrogens with one attached hydrogen (secondary N) is 1. The third kappa shape index (κ3) is 4.28. The molecular weight excluding hydrogens is 268 g/mol. The number of carbonyl (C=O) groups excluding carboxylic acids is 1. The minimum Gasteiger partial charge on any atom is -0.468 e. The fourth-order valence-corrected chi connectivity index (χ4v) is 2.42. The Balaban J connectivity index is 1.88. The zero-order valence-corrected chi connectivity index (χ0v) is 13.4. The van der Waals surface area contributed by atoms with E-state index in [1.54, 1.807) is 6.20 Å². The molecule has 1 heterocycles. The molecule has 0 saturated heterocycles. The number of methoxy groups -OCH3 is 1. The van der Waals surface area contributed by atoms with Crippen molar-refractivity contribution in [2.24, 2.45) is 7.05 Å². The normalized spacial score (nSPS) is 17.8. The molecule has 1 aliphatic carbocycles. The van der Waals surface area contributed by atoms with Gasteiger partial charge in [-0.15, -0.1) is 0 Å². The maximum atomic E-state index is 12.1. The Labute approximate surface area is 126 Å². The Bertz CT molecular complexity index is 484. The summed E-state index contributed by atoms with van der Waals surface area (Å²) in [4.78, 5) is 18.6. The zero-order chi connectivity index (χ0) is 15.5. The van der Waals surface area contributed by atoms with Crippen molar-refractivity contribution >= 4 is 5.97 Å². The third-order valence-corrected chi connectivity index (χ3v) is 4.06. The predicted octanol–water partition coefficient (Wildman–Crippen LogP) is 0.926. The van der Waals surface area contributed by atoms with Crippen molar-refractivity contribution in [3.63, 3.8) is 0 Å². The van der Waals surface area contributed by atoms with Crippen molar-refractivity contribution in [2.45, 2.75) is 44.3 Å². The monoisotopic (exact) mass is 294 g/mol. The van der Waals surface area contributed by atoms with Crippen molar-refractivity contribution in [2.75, 3.05) is 20.7 Å². The van der Waals surface area contributed by atoms with E-state index >= 15 is 0 Å². The number of nitrogens with zero attached hydrogens (tertiary/aromatic N) is 3. The smallest absolute Gasteiger partial charge is 0.325 e. The molecule has 1 atom stereocenters. The first kappa shape index (κ1) is 16.0. The first-order valence-corrected chi connectivity index (χ1v) is 7.45. The molecule has 1 unspecified atom stereocenters. The van der Waals surface area contributed by atoms with Crippen LogP contribution in [0.4, 0.5) is 0 Å². The quantitative estimate of drug-likeness (QED) is 0.723. The van der Waals surface area contributed by atoms with Crippen LogP contribution in [0.5, 0.6) is 0 Å². The number of rotatable bonds is 8. The Kier molecular flexibility index (Phi) is 5.00. The molecule has 2 rings (SSSR count). The van der Waals surface area contributed by atoms with Gasteiger partial charge in [0.2, 0.25) is 0 Å². The summed E-state index contributed by atoms with van der Waals surface area (Å²) in [5.74, 6) is 0.840. The van der Waals surface area contributed by atoms with Crippen LogP contribution in [0.1, 0.15) is 32.0 Å². The van der Waals surface area contributed by atoms with Crippen LogP contribution in [0.15, 0.2) is 12.4 Å². The highest BCUT2D eigenvalue weighted by atomic mass is 16.5. The summed E-state index contributed by atoms with van der Waals surface area (Å²) in [7, 11) is 5.49. The van der Waals surface area contributed by atoms with Crippen LogP contribution >= 0.6 is 0 Å². The molecule has 1 fully saturated rings. The average molecular weight is 294 g/mol. The van der Waals surface area contributed by atoms with Crippen LogP contribution in [0.2, 0.25) is 0 Å². The molecule has 0 spiro atoms. The van der Waals surface area contributed by atoms with Crippen molar-refractivity contribution in [1.82, 2.24) is 19.8 Å². The van der Waals surface area contributed by atoms with E-state index in [0.717, 1.165) is 38.2 Å². The number of imidazole rings is 1. The second-order valence-corrected chi connectivity index (χ2v) is 6.18. The van der Waals surface area contributed by atoms with Gasteiger partial charge in [0.15, 0.2) is 0 Å². The lowest BCUT2D eigenvalue weighted by Crippen LogP contribution is -2.52. The standard InChI is InChI=1S/C15H26N4O2/c1-15(14(20)21-4,17-12-5-6-12)7-9-18(2)11-13-16-8-10-19(13)3/h8,10,12,17H,5-7,9,11H2,1-4H3. The van der Waals surface area contributed by atoms with Crippen molar-refractivity contribution < 1.29 is 9.53 Å². The van der Waals surface area contributed by atoms with Crippen LogP contribution < -0.4 is 5.32 Å². The van der Waals surface area contributed by atoms with E-state index in [1.807, 2.05) is 31.8 Å².